The number of amides is 1. The van der Waals surface area contributed by atoms with Gasteiger partial charge in [0, 0.05) is 21.3 Å². The lowest BCUT2D eigenvalue weighted by atomic mass is 10.1. The Morgan fingerprint density at radius 2 is 1.83 bits per heavy atom. The first-order valence-corrected chi connectivity index (χ1v) is 8.37. The molecule has 0 saturated heterocycles. The molecule has 24 heavy (non-hydrogen) atoms. The molecule has 3 rings (SSSR count). The minimum Gasteiger partial charge on any atom is -0.465 e. The maximum atomic E-state index is 12.3. The van der Waals surface area contributed by atoms with Gasteiger partial charge in [-0.15, -0.1) is 11.3 Å². The summed E-state index contributed by atoms with van der Waals surface area (Å²) in [5.74, 6) is -0.656. The van der Waals surface area contributed by atoms with Gasteiger partial charge >= 0.3 is 5.97 Å². The third-order valence-corrected chi connectivity index (χ3v) is 5.21. The van der Waals surface area contributed by atoms with Crippen LogP contribution in [0.25, 0.3) is 10.1 Å². The fourth-order valence-corrected chi connectivity index (χ4v) is 3.74. The van der Waals surface area contributed by atoms with Crippen LogP contribution in [-0.2, 0) is 4.74 Å². The number of esters is 1. The van der Waals surface area contributed by atoms with Gasteiger partial charge in [-0.25, -0.2) is 4.79 Å². The largest absolute Gasteiger partial charge is 0.465 e. The van der Waals surface area contributed by atoms with E-state index in [0.29, 0.717) is 21.2 Å². The molecule has 4 nitrogen and oxygen atoms in total. The SMILES string of the molecule is COC(=O)c1sc2cc(NC(=O)c3ccc(C)cc3)ccc2c1Cl. The fraction of sp³-hybridized carbons (Fsp3) is 0.111. The molecule has 0 fully saturated rings. The lowest BCUT2D eigenvalue weighted by Gasteiger charge is -2.05. The molecule has 3 aromatic rings. The fourth-order valence-electron chi connectivity index (χ4n) is 2.28. The first-order chi connectivity index (χ1) is 11.5. The first kappa shape index (κ1) is 16.5. The first-order valence-electron chi connectivity index (χ1n) is 7.18. The van der Waals surface area contributed by atoms with Crippen molar-refractivity contribution in [1.29, 1.82) is 0 Å². The number of fused-ring (bicyclic) bond motifs is 1. The maximum Gasteiger partial charge on any atom is 0.349 e. The zero-order valence-electron chi connectivity index (χ0n) is 13.1. The van der Waals surface area contributed by atoms with E-state index in [1.807, 2.05) is 19.1 Å². The molecule has 0 spiro atoms. The summed E-state index contributed by atoms with van der Waals surface area (Å²) >= 11 is 7.46. The van der Waals surface area contributed by atoms with E-state index >= 15 is 0 Å². The number of carbonyl (C=O) groups excluding carboxylic acids is 2. The smallest absolute Gasteiger partial charge is 0.349 e. The summed E-state index contributed by atoms with van der Waals surface area (Å²) in [5, 5.41) is 3.98. The van der Waals surface area contributed by atoms with E-state index in [2.05, 4.69) is 5.32 Å². The summed E-state index contributed by atoms with van der Waals surface area (Å²) in [6, 6.07) is 12.7. The van der Waals surface area contributed by atoms with Crippen molar-refractivity contribution in [1.82, 2.24) is 0 Å². The second-order valence-electron chi connectivity index (χ2n) is 5.27. The Morgan fingerprint density at radius 1 is 1.12 bits per heavy atom. The van der Waals surface area contributed by atoms with Crippen molar-refractivity contribution in [2.24, 2.45) is 0 Å². The van der Waals surface area contributed by atoms with Gasteiger partial charge in [-0.2, -0.15) is 0 Å². The van der Waals surface area contributed by atoms with Crippen molar-refractivity contribution in [3.8, 4) is 0 Å². The number of hydrogen-bond donors (Lipinski definition) is 1. The highest BCUT2D eigenvalue weighted by Gasteiger charge is 2.18. The highest BCUT2D eigenvalue weighted by Crippen LogP contribution is 2.37. The minimum absolute atomic E-state index is 0.190. The zero-order chi connectivity index (χ0) is 17.3. The van der Waals surface area contributed by atoms with E-state index in [-0.39, 0.29) is 5.91 Å². The summed E-state index contributed by atoms with van der Waals surface area (Å²) in [5.41, 5.74) is 2.32. The molecule has 2 aromatic carbocycles. The molecule has 0 aliphatic heterocycles. The molecular weight excluding hydrogens is 346 g/mol. The number of benzene rings is 2. The molecule has 1 amide bonds. The summed E-state index contributed by atoms with van der Waals surface area (Å²) < 4.78 is 5.53. The van der Waals surface area contributed by atoms with Gasteiger partial charge in [0.2, 0.25) is 0 Å². The predicted molar refractivity (Wildman–Crippen MR) is 97.3 cm³/mol. The second-order valence-corrected chi connectivity index (χ2v) is 6.70. The van der Waals surface area contributed by atoms with Crippen LogP contribution < -0.4 is 5.32 Å². The molecule has 0 radical (unpaired) electrons. The lowest BCUT2D eigenvalue weighted by Crippen LogP contribution is -2.11. The number of rotatable bonds is 3. The quantitative estimate of drug-likeness (QED) is 0.676. The summed E-state index contributed by atoms with van der Waals surface area (Å²) in [6.45, 7) is 1.97. The Kier molecular flexibility index (Phi) is 4.55. The topological polar surface area (TPSA) is 55.4 Å². The number of carbonyl (C=O) groups is 2. The van der Waals surface area contributed by atoms with Crippen LogP contribution in [0.5, 0.6) is 0 Å². The van der Waals surface area contributed by atoms with Crippen molar-refractivity contribution in [2.45, 2.75) is 6.92 Å². The zero-order valence-corrected chi connectivity index (χ0v) is 14.6. The van der Waals surface area contributed by atoms with Crippen LogP contribution in [0.4, 0.5) is 5.69 Å². The number of hydrogen-bond acceptors (Lipinski definition) is 4. The highest BCUT2D eigenvalue weighted by molar-refractivity contribution is 7.21. The predicted octanol–water partition coefficient (Wildman–Crippen LogP) is 4.90. The molecule has 1 heterocycles. The number of thiophene rings is 1. The number of anilines is 1. The van der Waals surface area contributed by atoms with Gasteiger partial charge in [0.25, 0.3) is 5.91 Å². The normalized spacial score (nSPS) is 10.6. The minimum atomic E-state index is -0.466. The Balaban J connectivity index is 1.89. The summed E-state index contributed by atoms with van der Waals surface area (Å²) in [6.07, 6.45) is 0. The van der Waals surface area contributed by atoms with Crippen molar-refractivity contribution in [2.75, 3.05) is 12.4 Å². The average Bonchev–Trinajstić information content (AvgIpc) is 2.91. The number of aryl methyl sites for hydroxylation is 1. The van der Waals surface area contributed by atoms with E-state index < -0.39 is 5.97 Å². The average molecular weight is 360 g/mol. The van der Waals surface area contributed by atoms with Gasteiger partial charge in [-0.3, -0.25) is 4.79 Å². The third-order valence-electron chi connectivity index (χ3n) is 3.57. The molecule has 0 saturated carbocycles. The molecule has 6 heteroatoms. The van der Waals surface area contributed by atoms with Gasteiger partial charge < -0.3 is 10.1 Å². The summed E-state index contributed by atoms with van der Waals surface area (Å²) in [7, 11) is 1.32. The van der Waals surface area contributed by atoms with E-state index in [0.717, 1.165) is 15.6 Å². The van der Waals surface area contributed by atoms with Crippen LogP contribution in [0.2, 0.25) is 5.02 Å². The second kappa shape index (κ2) is 6.63. The Morgan fingerprint density at radius 3 is 2.50 bits per heavy atom. The van der Waals surface area contributed by atoms with Crippen molar-refractivity contribution >= 4 is 50.6 Å². The summed E-state index contributed by atoms with van der Waals surface area (Å²) in [4.78, 5) is 24.4. The van der Waals surface area contributed by atoms with Crippen LogP contribution in [0.3, 0.4) is 0 Å². The van der Waals surface area contributed by atoms with E-state index in [4.69, 9.17) is 16.3 Å². The van der Waals surface area contributed by atoms with Crippen LogP contribution in [0.1, 0.15) is 25.6 Å². The van der Waals surface area contributed by atoms with E-state index in [9.17, 15) is 9.59 Å². The van der Waals surface area contributed by atoms with Crippen molar-refractivity contribution in [3.05, 3.63) is 63.5 Å². The molecule has 0 unspecified atom stereocenters. The number of nitrogens with one attached hydrogen (secondary N) is 1. The third kappa shape index (κ3) is 3.13. The molecule has 0 aliphatic carbocycles. The maximum absolute atomic E-state index is 12.3. The molecule has 1 N–H and O–H groups in total. The molecule has 1 aromatic heterocycles. The molecule has 0 atom stereocenters. The molecule has 0 bridgehead atoms. The molecular formula is C18H14ClNO3S. The molecule has 122 valence electrons. The number of ether oxygens (including phenoxy) is 1. The van der Waals surface area contributed by atoms with Crippen LogP contribution in [0.15, 0.2) is 42.5 Å². The monoisotopic (exact) mass is 359 g/mol. The van der Waals surface area contributed by atoms with Gasteiger partial charge in [-0.05, 0) is 37.3 Å². The van der Waals surface area contributed by atoms with Gasteiger partial charge in [0.05, 0.1) is 12.1 Å². The van der Waals surface area contributed by atoms with Crippen LogP contribution in [0, 0.1) is 6.92 Å². The number of methoxy groups -OCH3 is 1. The van der Waals surface area contributed by atoms with Crippen LogP contribution >= 0.6 is 22.9 Å². The highest BCUT2D eigenvalue weighted by atomic mass is 35.5. The lowest BCUT2D eigenvalue weighted by molar-refractivity contribution is 0.0606. The van der Waals surface area contributed by atoms with E-state index in [1.165, 1.54) is 18.4 Å². The van der Waals surface area contributed by atoms with Gasteiger partial charge in [-0.1, -0.05) is 29.3 Å². The van der Waals surface area contributed by atoms with Crippen molar-refractivity contribution < 1.29 is 14.3 Å². The van der Waals surface area contributed by atoms with Gasteiger partial charge in [0.15, 0.2) is 0 Å². The Hall–Kier alpha value is -2.37. The van der Waals surface area contributed by atoms with Crippen molar-refractivity contribution in [3.63, 3.8) is 0 Å². The molecule has 0 aliphatic rings. The standard InChI is InChI=1S/C18H14ClNO3S/c1-10-3-5-11(6-4-10)17(21)20-12-7-8-13-14(9-12)24-16(15(13)19)18(22)23-2/h3-9H,1-2H3,(H,20,21). The number of halogens is 1. The van der Waals surface area contributed by atoms with Gasteiger partial charge in [0.1, 0.15) is 4.88 Å². The Bertz CT molecular complexity index is 931. The Labute approximate surface area is 148 Å². The van der Waals surface area contributed by atoms with E-state index in [1.54, 1.807) is 30.3 Å². The van der Waals surface area contributed by atoms with Crippen LogP contribution in [-0.4, -0.2) is 19.0 Å².